The lowest BCUT2D eigenvalue weighted by molar-refractivity contribution is -0.137. The van der Waals surface area contributed by atoms with Crippen molar-refractivity contribution in [2.24, 2.45) is 5.92 Å². The molecule has 0 aliphatic carbocycles. The SMILES string of the molecule is Cc1ccc(N2CC(C(=O)N3CCN(Cc4nnnn4-c4ccc(Cl)cc4)CC3)CC2=O)cc1C. The van der Waals surface area contributed by atoms with Crippen molar-refractivity contribution in [2.45, 2.75) is 26.8 Å². The molecule has 2 aromatic carbocycles. The Morgan fingerprint density at radius 2 is 1.71 bits per heavy atom. The summed E-state index contributed by atoms with van der Waals surface area (Å²) in [5.41, 5.74) is 4.05. The number of piperazine rings is 1. The standard InChI is InChI=1S/C25H28ClN7O2/c1-17-3-6-22(13-18(17)2)32-15-19(14-24(32)34)25(35)31-11-9-30(10-12-31)16-23-27-28-29-33(23)21-7-4-20(26)5-8-21/h3-8,13,19H,9-12,14-16H2,1-2H3. The first-order valence-electron chi connectivity index (χ1n) is 11.8. The fourth-order valence-electron chi connectivity index (χ4n) is 4.69. The van der Waals surface area contributed by atoms with Crippen molar-refractivity contribution in [3.63, 3.8) is 0 Å². The summed E-state index contributed by atoms with van der Waals surface area (Å²) in [6.45, 7) is 7.80. The van der Waals surface area contributed by atoms with Gasteiger partial charge in [-0.05, 0) is 71.8 Å². The Bertz CT molecular complexity index is 1230. The van der Waals surface area contributed by atoms with Gasteiger partial charge in [0.05, 0.1) is 18.2 Å². The van der Waals surface area contributed by atoms with E-state index in [1.165, 1.54) is 5.56 Å². The summed E-state index contributed by atoms with van der Waals surface area (Å²) in [5.74, 6) is 0.514. The monoisotopic (exact) mass is 493 g/mol. The second kappa shape index (κ2) is 9.75. The highest BCUT2D eigenvalue weighted by atomic mass is 35.5. The highest BCUT2D eigenvalue weighted by Gasteiger charge is 2.38. The molecule has 2 aliphatic heterocycles. The number of amides is 2. The topological polar surface area (TPSA) is 87.5 Å². The summed E-state index contributed by atoms with van der Waals surface area (Å²) >= 11 is 5.99. The molecule has 2 aliphatic rings. The van der Waals surface area contributed by atoms with Gasteiger partial charge in [0.15, 0.2) is 5.82 Å². The second-order valence-electron chi connectivity index (χ2n) is 9.26. The summed E-state index contributed by atoms with van der Waals surface area (Å²) in [4.78, 5) is 31.8. The molecule has 5 rings (SSSR count). The van der Waals surface area contributed by atoms with Crippen LogP contribution in [0, 0.1) is 19.8 Å². The van der Waals surface area contributed by atoms with E-state index in [9.17, 15) is 9.59 Å². The maximum absolute atomic E-state index is 13.2. The number of halogens is 1. The number of benzene rings is 2. The molecule has 0 bridgehead atoms. The van der Waals surface area contributed by atoms with E-state index in [1.54, 1.807) is 9.58 Å². The van der Waals surface area contributed by atoms with E-state index in [0.717, 1.165) is 35.9 Å². The first-order valence-corrected chi connectivity index (χ1v) is 12.2. The van der Waals surface area contributed by atoms with Crippen LogP contribution in [0.5, 0.6) is 0 Å². The van der Waals surface area contributed by atoms with Crippen LogP contribution < -0.4 is 4.90 Å². The van der Waals surface area contributed by atoms with E-state index in [-0.39, 0.29) is 24.2 Å². The zero-order chi connectivity index (χ0) is 24.5. The van der Waals surface area contributed by atoms with E-state index in [1.807, 2.05) is 54.3 Å². The third-order valence-electron chi connectivity index (χ3n) is 6.93. The molecule has 0 radical (unpaired) electrons. The Hall–Kier alpha value is -3.30. The van der Waals surface area contributed by atoms with Crippen molar-refractivity contribution in [1.82, 2.24) is 30.0 Å². The van der Waals surface area contributed by atoms with E-state index in [0.29, 0.717) is 31.2 Å². The maximum atomic E-state index is 13.2. The van der Waals surface area contributed by atoms with E-state index >= 15 is 0 Å². The molecule has 0 N–H and O–H groups in total. The first-order chi connectivity index (χ1) is 16.9. The molecule has 9 nitrogen and oxygen atoms in total. The number of carbonyl (C=O) groups excluding carboxylic acids is 2. The van der Waals surface area contributed by atoms with Crippen molar-refractivity contribution >= 4 is 29.1 Å². The van der Waals surface area contributed by atoms with Crippen LogP contribution >= 0.6 is 11.6 Å². The van der Waals surface area contributed by atoms with Gasteiger partial charge in [-0.1, -0.05) is 17.7 Å². The predicted molar refractivity (Wildman–Crippen MR) is 132 cm³/mol. The van der Waals surface area contributed by atoms with Crippen LogP contribution in [-0.2, 0) is 16.1 Å². The molecule has 2 saturated heterocycles. The molecular formula is C25H28ClN7O2. The minimum absolute atomic E-state index is 0.0132. The lowest BCUT2D eigenvalue weighted by atomic mass is 10.1. The number of tetrazole rings is 1. The number of nitrogens with zero attached hydrogens (tertiary/aromatic N) is 7. The van der Waals surface area contributed by atoms with Crippen molar-refractivity contribution < 1.29 is 9.59 Å². The van der Waals surface area contributed by atoms with Crippen molar-refractivity contribution in [3.8, 4) is 5.69 Å². The van der Waals surface area contributed by atoms with E-state index < -0.39 is 0 Å². The third kappa shape index (κ3) is 4.92. The molecule has 182 valence electrons. The third-order valence-corrected chi connectivity index (χ3v) is 7.18. The predicted octanol–water partition coefficient (Wildman–Crippen LogP) is 2.63. The largest absolute Gasteiger partial charge is 0.340 e. The molecular weight excluding hydrogens is 466 g/mol. The molecule has 10 heteroatoms. The summed E-state index contributed by atoms with van der Waals surface area (Å²) in [5, 5.41) is 12.8. The fraction of sp³-hybridized carbons (Fsp3) is 0.400. The number of carbonyl (C=O) groups is 2. The molecule has 2 amide bonds. The molecule has 3 heterocycles. The van der Waals surface area contributed by atoms with Gasteiger partial charge in [0.25, 0.3) is 0 Å². The summed E-state index contributed by atoms with van der Waals surface area (Å²) in [6.07, 6.45) is 0.266. The Morgan fingerprint density at radius 1 is 1.00 bits per heavy atom. The average molecular weight is 494 g/mol. The Balaban J connectivity index is 1.17. The normalized spacial score (nSPS) is 18.9. The highest BCUT2D eigenvalue weighted by molar-refractivity contribution is 6.30. The Morgan fingerprint density at radius 3 is 2.43 bits per heavy atom. The zero-order valence-corrected chi connectivity index (χ0v) is 20.6. The van der Waals surface area contributed by atoms with Gasteiger partial charge in [0.1, 0.15) is 0 Å². The van der Waals surface area contributed by atoms with Gasteiger partial charge in [0, 0.05) is 49.9 Å². The second-order valence-corrected chi connectivity index (χ2v) is 9.70. The Labute approximate surface area is 209 Å². The molecule has 2 fully saturated rings. The van der Waals surface area contributed by atoms with Crippen LogP contribution in [0.4, 0.5) is 5.69 Å². The quantitative estimate of drug-likeness (QED) is 0.543. The van der Waals surface area contributed by atoms with Crippen LogP contribution in [0.15, 0.2) is 42.5 Å². The highest BCUT2D eigenvalue weighted by Crippen LogP contribution is 2.28. The lowest BCUT2D eigenvalue weighted by Crippen LogP contribution is -2.50. The minimum Gasteiger partial charge on any atom is -0.340 e. The van der Waals surface area contributed by atoms with Gasteiger partial charge in [-0.3, -0.25) is 14.5 Å². The van der Waals surface area contributed by atoms with Gasteiger partial charge in [0.2, 0.25) is 11.8 Å². The van der Waals surface area contributed by atoms with Gasteiger partial charge in [-0.15, -0.1) is 5.10 Å². The molecule has 35 heavy (non-hydrogen) atoms. The minimum atomic E-state index is -0.298. The van der Waals surface area contributed by atoms with Crippen molar-refractivity contribution in [3.05, 3.63) is 64.4 Å². The number of rotatable bonds is 5. The molecule has 0 saturated carbocycles. The van der Waals surface area contributed by atoms with Crippen molar-refractivity contribution in [1.29, 1.82) is 0 Å². The van der Waals surface area contributed by atoms with Gasteiger partial charge >= 0.3 is 0 Å². The lowest BCUT2D eigenvalue weighted by Gasteiger charge is -2.35. The van der Waals surface area contributed by atoms with Crippen LogP contribution in [0.2, 0.25) is 5.02 Å². The molecule has 0 spiro atoms. The smallest absolute Gasteiger partial charge is 0.228 e. The molecule has 1 unspecified atom stereocenters. The van der Waals surface area contributed by atoms with Crippen molar-refractivity contribution in [2.75, 3.05) is 37.6 Å². The molecule has 1 aromatic heterocycles. The van der Waals surface area contributed by atoms with Gasteiger partial charge in [-0.2, -0.15) is 4.68 Å². The number of hydrogen-bond acceptors (Lipinski definition) is 6. The number of anilines is 1. The maximum Gasteiger partial charge on any atom is 0.228 e. The Kier molecular flexibility index (Phi) is 6.53. The fourth-order valence-corrected chi connectivity index (χ4v) is 4.81. The van der Waals surface area contributed by atoms with Crippen LogP contribution in [0.3, 0.4) is 0 Å². The number of hydrogen-bond donors (Lipinski definition) is 0. The molecule has 1 atom stereocenters. The average Bonchev–Trinajstić information content (AvgIpc) is 3.48. The van der Waals surface area contributed by atoms with E-state index in [4.69, 9.17) is 11.6 Å². The summed E-state index contributed by atoms with van der Waals surface area (Å²) < 4.78 is 1.71. The molecule has 3 aromatic rings. The van der Waals surface area contributed by atoms with Crippen LogP contribution in [0.1, 0.15) is 23.4 Å². The van der Waals surface area contributed by atoms with Crippen LogP contribution in [-0.4, -0.2) is 74.5 Å². The van der Waals surface area contributed by atoms with Crippen LogP contribution in [0.25, 0.3) is 5.69 Å². The zero-order valence-electron chi connectivity index (χ0n) is 19.9. The number of aryl methyl sites for hydroxylation is 2. The van der Waals surface area contributed by atoms with Gasteiger partial charge < -0.3 is 9.80 Å². The van der Waals surface area contributed by atoms with E-state index in [2.05, 4.69) is 27.3 Å². The summed E-state index contributed by atoms with van der Waals surface area (Å²) in [7, 11) is 0. The van der Waals surface area contributed by atoms with Gasteiger partial charge in [-0.25, -0.2) is 0 Å². The first kappa shape index (κ1) is 23.4. The summed E-state index contributed by atoms with van der Waals surface area (Å²) in [6, 6.07) is 13.4. The number of aromatic nitrogens is 4.